The van der Waals surface area contributed by atoms with Crippen LogP contribution in [0, 0.1) is 24.5 Å². The number of para-hydroxylation sites is 1. The Kier molecular flexibility index (Phi) is 11.8. The molecule has 3 rings (SSSR count). The summed E-state index contributed by atoms with van der Waals surface area (Å²) in [6.45, 7) is 8.04. The normalized spacial score (nSPS) is 14.2. The summed E-state index contributed by atoms with van der Waals surface area (Å²) in [5, 5.41) is 4.21. The van der Waals surface area contributed by atoms with Gasteiger partial charge >= 0.3 is 22.4 Å². The quantitative estimate of drug-likeness (QED) is 0.428. The SMILES string of the molecule is CN1CCC(CO[C-]=O)CC1.[CH2-]Cc1ccccc1[N-]c1cc(F)cc(F)c1.[Nb+3]. The summed E-state index contributed by atoms with van der Waals surface area (Å²) in [5.41, 5.74) is 1.90. The van der Waals surface area contributed by atoms with Crippen molar-refractivity contribution in [2.75, 3.05) is 26.7 Å². The van der Waals surface area contributed by atoms with Crippen LogP contribution in [0.2, 0.25) is 0 Å². The van der Waals surface area contributed by atoms with Gasteiger partial charge in [0.05, 0.1) is 6.61 Å². The Morgan fingerprint density at radius 1 is 1.17 bits per heavy atom. The van der Waals surface area contributed by atoms with Crippen molar-refractivity contribution in [2.24, 2.45) is 5.92 Å². The first-order chi connectivity index (χ1) is 13.5. The molecule has 0 spiro atoms. The van der Waals surface area contributed by atoms with Crippen LogP contribution in [0.1, 0.15) is 18.4 Å². The van der Waals surface area contributed by atoms with Crippen LogP contribution in [0.3, 0.4) is 0 Å². The molecule has 1 heterocycles. The molecule has 0 unspecified atom stereocenters. The number of halogens is 2. The van der Waals surface area contributed by atoms with E-state index < -0.39 is 11.6 Å². The molecular weight excluding hydrogens is 455 g/mol. The van der Waals surface area contributed by atoms with Gasteiger partial charge in [-0.25, -0.2) is 8.78 Å². The Hall–Kier alpha value is -1.73. The summed E-state index contributed by atoms with van der Waals surface area (Å²) < 4.78 is 30.6. The molecule has 1 fully saturated rings. The molecule has 1 aliphatic heterocycles. The van der Waals surface area contributed by atoms with E-state index in [1.165, 1.54) is 18.6 Å². The van der Waals surface area contributed by atoms with E-state index in [1.807, 2.05) is 18.2 Å². The third-order valence-electron chi connectivity index (χ3n) is 4.57. The van der Waals surface area contributed by atoms with Crippen molar-refractivity contribution in [3.63, 3.8) is 0 Å². The molecule has 0 radical (unpaired) electrons. The number of hydrogen-bond donors (Lipinski definition) is 0. The zero-order chi connectivity index (χ0) is 20.4. The largest absolute Gasteiger partial charge is 3.00 e. The summed E-state index contributed by atoms with van der Waals surface area (Å²) in [7, 11) is 2.11. The minimum absolute atomic E-state index is 0. The van der Waals surface area contributed by atoms with Gasteiger partial charge in [0, 0.05) is 6.07 Å². The van der Waals surface area contributed by atoms with Crippen LogP contribution in [-0.2, 0) is 38.3 Å². The Morgan fingerprint density at radius 2 is 1.79 bits per heavy atom. The van der Waals surface area contributed by atoms with Gasteiger partial charge in [0.15, 0.2) is 0 Å². The van der Waals surface area contributed by atoms with Gasteiger partial charge in [0.2, 0.25) is 0 Å². The van der Waals surface area contributed by atoms with E-state index in [2.05, 4.69) is 28.9 Å². The molecule has 1 saturated heterocycles. The molecule has 0 N–H and O–H groups in total. The van der Waals surface area contributed by atoms with E-state index in [9.17, 15) is 13.6 Å². The maximum atomic E-state index is 13.0. The van der Waals surface area contributed by atoms with Crippen LogP contribution < -0.4 is 0 Å². The zero-order valence-corrected chi connectivity index (χ0v) is 18.7. The zero-order valence-electron chi connectivity index (χ0n) is 16.5. The van der Waals surface area contributed by atoms with Crippen LogP contribution in [0.15, 0.2) is 42.5 Å². The minimum atomic E-state index is -0.629. The number of nitrogens with zero attached hydrogens (tertiary/aromatic N) is 2. The summed E-state index contributed by atoms with van der Waals surface area (Å²) >= 11 is 0. The molecule has 0 amide bonds. The molecule has 0 atom stereocenters. The third-order valence-corrected chi connectivity index (χ3v) is 4.57. The van der Waals surface area contributed by atoms with Gasteiger partial charge in [-0.1, -0.05) is 36.3 Å². The molecule has 4 nitrogen and oxygen atoms in total. The molecule has 0 bridgehead atoms. The number of likely N-dealkylation sites (tertiary alicyclic amines) is 1. The van der Waals surface area contributed by atoms with Gasteiger partial charge in [0.1, 0.15) is 11.6 Å². The van der Waals surface area contributed by atoms with Crippen LogP contribution in [-0.4, -0.2) is 38.1 Å². The maximum Gasteiger partial charge on any atom is 3.00 e. The maximum absolute atomic E-state index is 13.0. The fourth-order valence-corrected chi connectivity index (χ4v) is 2.95. The summed E-state index contributed by atoms with van der Waals surface area (Å²) in [6.07, 6.45) is 2.85. The average molecular weight is 480 g/mol. The van der Waals surface area contributed by atoms with Crippen molar-refractivity contribution in [3.05, 3.63) is 71.9 Å². The molecule has 29 heavy (non-hydrogen) atoms. The van der Waals surface area contributed by atoms with E-state index in [4.69, 9.17) is 0 Å². The minimum Gasteiger partial charge on any atom is -0.658 e. The fraction of sp³-hybridized carbons (Fsp3) is 0.364. The molecule has 1 aliphatic rings. The molecular formula is C22H25F2N2NbO2. The molecule has 0 aromatic heterocycles. The molecule has 154 valence electrons. The van der Waals surface area contributed by atoms with Gasteiger partial charge in [-0.2, -0.15) is 6.42 Å². The van der Waals surface area contributed by atoms with Crippen molar-refractivity contribution in [2.45, 2.75) is 19.3 Å². The average Bonchev–Trinajstić information content (AvgIpc) is 2.68. The van der Waals surface area contributed by atoms with Crippen molar-refractivity contribution in [1.82, 2.24) is 4.90 Å². The Morgan fingerprint density at radius 3 is 2.38 bits per heavy atom. The van der Waals surface area contributed by atoms with Crippen LogP contribution in [0.5, 0.6) is 0 Å². The predicted octanol–water partition coefficient (Wildman–Crippen LogP) is 5.09. The van der Waals surface area contributed by atoms with Gasteiger partial charge in [-0.3, -0.25) is 0 Å². The van der Waals surface area contributed by atoms with E-state index >= 15 is 0 Å². The Balaban J connectivity index is 0.000000306. The van der Waals surface area contributed by atoms with Crippen LogP contribution >= 0.6 is 0 Å². The number of benzene rings is 2. The fourth-order valence-electron chi connectivity index (χ4n) is 2.95. The summed E-state index contributed by atoms with van der Waals surface area (Å²) in [4.78, 5) is 12.0. The van der Waals surface area contributed by atoms with Gasteiger partial charge in [0.25, 0.3) is 0 Å². The second kappa shape index (κ2) is 13.5. The van der Waals surface area contributed by atoms with E-state index in [1.54, 1.807) is 6.07 Å². The smallest absolute Gasteiger partial charge is 0.658 e. The number of piperidine rings is 1. The Bertz CT molecular complexity index is 733. The first kappa shape index (κ1) is 25.3. The first-order valence-electron chi connectivity index (χ1n) is 9.24. The second-order valence-corrected chi connectivity index (χ2v) is 6.76. The monoisotopic (exact) mass is 480 g/mol. The standard InChI is InChI=1S/C14H11F2N.C8H14NO2.Nb/c1-2-10-5-3-4-6-14(10)17-13-8-11(15)7-12(16)9-13;1-9-4-2-8(3-5-9)6-11-7-10;/h3-9H,1-2H2;8H,2-6H2,1H3;/q-2;-1;+3. The van der Waals surface area contributed by atoms with Crippen molar-refractivity contribution >= 4 is 17.8 Å². The van der Waals surface area contributed by atoms with Crippen molar-refractivity contribution in [1.29, 1.82) is 0 Å². The predicted molar refractivity (Wildman–Crippen MR) is 106 cm³/mol. The number of carbonyl (C=O) groups excluding carboxylic acids is 1. The van der Waals surface area contributed by atoms with Crippen molar-refractivity contribution < 1.29 is 40.7 Å². The Labute approximate surface area is 187 Å². The van der Waals surface area contributed by atoms with E-state index in [-0.39, 0.29) is 28.1 Å². The van der Waals surface area contributed by atoms with E-state index in [0.29, 0.717) is 24.6 Å². The molecule has 7 heteroatoms. The summed E-state index contributed by atoms with van der Waals surface area (Å²) in [5.74, 6) is -0.695. The molecule has 2 aromatic carbocycles. The van der Waals surface area contributed by atoms with E-state index in [0.717, 1.165) is 37.6 Å². The van der Waals surface area contributed by atoms with Crippen LogP contribution in [0.4, 0.5) is 20.2 Å². The molecule has 0 aliphatic carbocycles. The molecule has 2 aromatic rings. The topological polar surface area (TPSA) is 43.6 Å². The summed E-state index contributed by atoms with van der Waals surface area (Å²) in [6, 6.07) is 10.6. The number of ether oxygens (including phenoxy) is 1. The molecule has 0 saturated carbocycles. The van der Waals surface area contributed by atoms with Gasteiger partial charge in [-0.15, -0.1) is 11.4 Å². The third kappa shape index (κ3) is 9.09. The number of hydrogen-bond acceptors (Lipinski definition) is 3. The van der Waals surface area contributed by atoms with Gasteiger partial charge in [-0.05, 0) is 51.0 Å². The van der Waals surface area contributed by atoms with Crippen molar-refractivity contribution in [3.8, 4) is 0 Å². The second-order valence-electron chi connectivity index (χ2n) is 6.76. The van der Waals surface area contributed by atoms with Crippen LogP contribution in [0.25, 0.3) is 5.32 Å². The first-order valence-corrected chi connectivity index (χ1v) is 9.24. The van der Waals surface area contributed by atoms with Gasteiger partial charge < -0.3 is 26.7 Å². The number of rotatable bonds is 6.